The van der Waals surface area contributed by atoms with Gasteiger partial charge in [-0.25, -0.2) is 0 Å². The first kappa shape index (κ1) is 14.1. The molecule has 0 aromatic carbocycles. The molecule has 0 saturated carbocycles. The molecule has 14 heavy (non-hydrogen) atoms. The minimum atomic E-state index is -6.25. The summed E-state index contributed by atoms with van der Waals surface area (Å²) in [5, 5.41) is 1.79. The molecule has 0 aromatic rings. The van der Waals surface area contributed by atoms with Crippen LogP contribution in [0.2, 0.25) is 0 Å². The predicted molar refractivity (Wildman–Crippen MR) is 56.1 cm³/mol. The van der Waals surface area contributed by atoms with Crippen LogP contribution in [0.5, 0.6) is 0 Å². The van der Waals surface area contributed by atoms with Gasteiger partial charge in [-0.05, 0) is 0 Å². The van der Waals surface area contributed by atoms with Gasteiger partial charge in [-0.3, -0.25) is 0 Å². The summed E-state index contributed by atoms with van der Waals surface area (Å²) in [5.74, 6) is 0. The van der Waals surface area contributed by atoms with Crippen molar-refractivity contribution in [3.8, 4) is 0 Å². The third-order valence-corrected chi connectivity index (χ3v) is 4.30. The molecule has 0 spiro atoms. The topological polar surface area (TPSA) is 15.3 Å². The molecule has 0 radical (unpaired) electrons. The molecule has 0 heterocycles. The Labute approximate surface area is 84.2 Å². The Hall–Kier alpha value is 0.140. The molecule has 0 bridgehead atoms. The zero-order valence-electron chi connectivity index (χ0n) is 9.06. The standard InChI is InChI=1S/C8H20F3N2P/c1-4-7-8-12-14(9,10,11)13(5-2)6-3/h12H,4-8H2,1-3H3. The van der Waals surface area contributed by atoms with Gasteiger partial charge in [-0.1, -0.05) is 0 Å². The quantitative estimate of drug-likeness (QED) is 0.531. The number of hydrogen-bond donors (Lipinski definition) is 1. The van der Waals surface area contributed by atoms with Crippen molar-refractivity contribution in [2.45, 2.75) is 33.6 Å². The number of unbranched alkanes of at least 4 members (excludes halogenated alkanes) is 1. The van der Waals surface area contributed by atoms with Crippen LogP contribution in [0.1, 0.15) is 33.6 Å². The second kappa shape index (κ2) is 5.29. The van der Waals surface area contributed by atoms with Crippen molar-refractivity contribution < 1.29 is 12.6 Å². The molecule has 6 heteroatoms. The summed E-state index contributed by atoms with van der Waals surface area (Å²) in [6.45, 7) is 5.03. The zero-order chi connectivity index (χ0) is 11.3. The number of nitrogens with one attached hydrogen (secondary N) is 1. The SMILES string of the molecule is CCCCNP(F)(F)(F)N(CC)CC. The molecule has 0 amide bonds. The monoisotopic (exact) mass is 232 g/mol. The summed E-state index contributed by atoms with van der Waals surface area (Å²) in [5.41, 5.74) is 0. The summed E-state index contributed by atoms with van der Waals surface area (Å²) < 4.78 is 40.7. The van der Waals surface area contributed by atoms with Crippen molar-refractivity contribution in [2.75, 3.05) is 19.6 Å². The van der Waals surface area contributed by atoms with E-state index in [1.807, 2.05) is 6.92 Å². The Bertz CT molecular complexity index is 166. The normalized spacial score (nSPS) is 15.5. The summed E-state index contributed by atoms with van der Waals surface area (Å²) >= 11 is 0. The zero-order valence-corrected chi connectivity index (χ0v) is 9.96. The van der Waals surface area contributed by atoms with Gasteiger partial charge in [-0.15, -0.1) is 0 Å². The second-order valence-corrected chi connectivity index (χ2v) is 5.60. The summed E-state index contributed by atoms with van der Waals surface area (Å²) in [6.07, 6.45) is 1.34. The van der Waals surface area contributed by atoms with Crippen LogP contribution in [0, 0.1) is 0 Å². The van der Waals surface area contributed by atoms with E-state index in [4.69, 9.17) is 0 Å². The van der Waals surface area contributed by atoms with E-state index in [0.717, 1.165) is 6.42 Å². The Morgan fingerprint density at radius 1 is 1.07 bits per heavy atom. The molecule has 0 aliphatic heterocycles. The van der Waals surface area contributed by atoms with Crippen molar-refractivity contribution in [1.29, 1.82) is 0 Å². The van der Waals surface area contributed by atoms with Gasteiger partial charge in [0.1, 0.15) is 0 Å². The Balaban J connectivity index is 4.32. The molecule has 0 aliphatic rings. The molecule has 2 nitrogen and oxygen atoms in total. The molecule has 1 N–H and O–H groups in total. The number of rotatable bonds is 7. The van der Waals surface area contributed by atoms with Crippen LogP contribution in [0.25, 0.3) is 0 Å². The van der Waals surface area contributed by atoms with E-state index in [1.165, 1.54) is 13.8 Å². The molecule has 0 saturated heterocycles. The van der Waals surface area contributed by atoms with Gasteiger partial charge in [0.15, 0.2) is 0 Å². The van der Waals surface area contributed by atoms with Gasteiger partial charge in [0.05, 0.1) is 0 Å². The third kappa shape index (κ3) is 4.11. The van der Waals surface area contributed by atoms with Gasteiger partial charge >= 0.3 is 83.4 Å². The molecule has 88 valence electrons. The van der Waals surface area contributed by atoms with E-state index >= 15 is 0 Å². The van der Waals surface area contributed by atoms with E-state index in [1.54, 1.807) is 5.09 Å². The third-order valence-electron chi connectivity index (χ3n) is 2.08. The van der Waals surface area contributed by atoms with Crippen molar-refractivity contribution in [3.05, 3.63) is 0 Å². The van der Waals surface area contributed by atoms with Crippen LogP contribution in [-0.4, -0.2) is 24.3 Å². The average molecular weight is 232 g/mol. The maximum absolute atomic E-state index is 13.4. The maximum atomic E-state index is 13.4. The number of hydrogen-bond acceptors (Lipinski definition) is 2. The first-order valence-corrected chi connectivity index (χ1v) is 6.90. The number of halogens is 3. The number of nitrogens with zero attached hydrogens (tertiary/aromatic N) is 1. The first-order valence-electron chi connectivity index (χ1n) is 5.04. The molecule has 0 aliphatic carbocycles. The van der Waals surface area contributed by atoms with Crippen LogP contribution < -0.4 is 5.09 Å². The summed E-state index contributed by atoms with van der Waals surface area (Å²) in [4.78, 5) is 0. The summed E-state index contributed by atoms with van der Waals surface area (Å²) in [7, 11) is -6.25. The average Bonchev–Trinajstić information content (AvgIpc) is 2.04. The Morgan fingerprint density at radius 3 is 1.93 bits per heavy atom. The van der Waals surface area contributed by atoms with Gasteiger partial charge in [0.25, 0.3) is 0 Å². The van der Waals surface area contributed by atoms with Crippen LogP contribution in [0.15, 0.2) is 0 Å². The molecule has 0 atom stereocenters. The molecule has 0 fully saturated rings. The van der Waals surface area contributed by atoms with E-state index in [9.17, 15) is 12.6 Å². The fraction of sp³-hybridized carbons (Fsp3) is 1.00. The van der Waals surface area contributed by atoms with Crippen molar-refractivity contribution >= 4 is 7.84 Å². The predicted octanol–water partition coefficient (Wildman–Crippen LogP) is 3.75. The van der Waals surface area contributed by atoms with E-state index in [0.29, 0.717) is 11.1 Å². The van der Waals surface area contributed by atoms with Crippen molar-refractivity contribution in [1.82, 2.24) is 9.76 Å². The van der Waals surface area contributed by atoms with Gasteiger partial charge < -0.3 is 0 Å². The van der Waals surface area contributed by atoms with Gasteiger partial charge in [0.2, 0.25) is 0 Å². The summed E-state index contributed by atoms with van der Waals surface area (Å²) in [6, 6.07) is 0. The molecule has 0 aromatic heterocycles. The first-order chi connectivity index (χ1) is 6.35. The van der Waals surface area contributed by atoms with Crippen molar-refractivity contribution in [3.63, 3.8) is 0 Å². The van der Waals surface area contributed by atoms with Crippen LogP contribution >= 0.6 is 7.84 Å². The fourth-order valence-corrected chi connectivity index (χ4v) is 2.85. The Kier molecular flexibility index (Phi) is 5.34. The minimum absolute atomic E-state index is 0.0247. The van der Waals surface area contributed by atoms with Gasteiger partial charge in [-0.2, -0.15) is 0 Å². The molecular formula is C8H20F3N2P. The van der Waals surface area contributed by atoms with E-state index in [2.05, 4.69) is 0 Å². The van der Waals surface area contributed by atoms with Crippen LogP contribution in [0.3, 0.4) is 0 Å². The molecule has 0 rings (SSSR count). The van der Waals surface area contributed by atoms with Crippen LogP contribution in [0.4, 0.5) is 12.6 Å². The molecular weight excluding hydrogens is 212 g/mol. The van der Waals surface area contributed by atoms with Gasteiger partial charge in [0, 0.05) is 0 Å². The fourth-order valence-electron chi connectivity index (χ4n) is 1.22. The molecule has 0 unspecified atom stereocenters. The van der Waals surface area contributed by atoms with Crippen molar-refractivity contribution in [2.24, 2.45) is 0 Å². The second-order valence-electron chi connectivity index (χ2n) is 3.17. The van der Waals surface area contributed by atoms with Crippen LogP contribution in [-0.2, 0) is 0 Å². The van der Waals surface area contributed by atoms with E-state index in [-0.39, 0.29) is 19.6 Å². The Morgan fingerprint density at radius 2 is 1.57 bits per heavy atom. The van der Waals surface area contributed by atoms with E-state index < -0.39 is 7.84 Å².